The summed E-state index contributed by atoms with van der Waals surface area (Å²) < 4.78 is 6.75. The first kappa shape index (κ1) is 48.0. The van der Waals surface area contributed by atoms with Gasteiger partial charge in [-0.05, 0) is 125 Å². The fourth-order valence-electron chi connectivity index (χ4n) is 12.2. The Morgan fingerprint density at radius 1 is 0.265 bits per heavy atom. The number of nitriles is 4. The molecule has 0 aliphatic rings. The first-order valence-electron chi connectivity index (χ1n) is 27.1. The van der Waals surface area contributed by atoms with Crippen molar-refractivity contribution in [3.8, 4) is 97.5 Å². The topological polar surface area (TPSA) is 136 Å². The summed E-state index contributed by atoms with van der Waals surface area (Å²) in [7, 11) is 0. The molecule has 0 N–H and O–H groups in total. The summed E-state index contributed by atoms with van der Waals surface area (Å²) in [5, 5.41) is 48.3. The summed E-state index contributed by atoms with van der Waals surface area (Å²) in [6.07, 6.45) is 0. The van der Waals surface area contributed by atoms with Gasteiger partial charge >= 0.3 is 0 Å². The molecular formula is C74H41N9. The van der Waals surface area contributed by atoms with Crippen molar-refractivity contribution in [1.29, 1.82) is 21.0 Å². The Kier molecular flexibility index (Phi) is 11.2. The lowest BCUT2D eigenvalue weighted by Crippen LogP contribution is -2.02. The molecule has 0 radical (unpaired) electrons. The van der Waals surface area contributed by atoms with E-state index in [4.69, 9.17) is 9.97 Å². The van der Waals surface area contributed by atoms with Crippen molar-refractivity contribution in [1.82, 2.24) is 23.7 Å². The van der Waals surface area contributed by atoms with Gasteiger partial charge in [0.25, 0.3) is 0 Å². The monoisotopic (exact) mass is 1060 g/mol. The van der Waals surface area contributed by atoms with E-state index >= 15 is 0 Å². The fourth-order valence-corrected chi connectivity index (χ4v) is 12.2. The number of fused-ring (bicyclic) bond motifs is 9. The Morgan fingerprint density at radius 3 is 1.10 bits per heavy atom. The first-order valence-corrected chi connectivity index (χ1v) is 27.1. The van der Waals surface area contributed by atoms with Crippen LogP contribution in [0.1, 0.15) is 22.3 Å². The lowest BCUT2D eigenvalue weighted by atomic mass is 9.95. The highest BCUT2D eigenvalue weighted by Gasteiger charge is 2.23. The Hall–Kier alpha value is -12.1. The zero-order chi connectivity index (χ0) is 55.7. The van der Waals surface area contributed by atoms with E-state index in [1.807, 2.05) is 72.8 Å². The Labute approximate surface area is 476 Å². The molecule has 4 heterocycles. The van der Waals surface area contributed by atoms with E-state index in [1.54, 1.807) is 18.2 Å². The fraction of sp³-hybridized carbons (Fsp3) is 0. The third-order valence-corrected chi connectivity index (χ3v) is 16.0. The van der Waals surface area contributed by atoms with Crippen molar-refractivity contribution in [3.63, 3.8) is 0 Å². The zero-order valence-corrected chi connectivity index (χ0v) is 44.2. The lowest BCUT2D eigenvalue weighted by Gasteiger charge is -2.15. The molecule has 4 aromatic heterocycles. The molecule has 9 heteroatoms. The second-order valence-corrected chi connectivity index (χ2v) is 20.6. The van der Waals surface area contributed by atoms with Gasteiger partial charge in [0, 0.05) is 60.4 Å². The van der Waals surface area contributed by atoms with Crippen molar-refractivity contribution in [2.24, 2.45) is 0 Å². The summed E-state index contributed by atoms with van der Waals surface area (Å²) in [5.74, 6) is 0.467. The number of nitrogens with zero attached hydrogens (tertiary/aromatic N) is 9. The molecule has 9 nitrogen and oxygen atoms in total. The van der Waals surface area contributed by atoms with Crippen molar-refractivity contribution in [3.05, 3.63) is 271 Å². The molecule has 0 amide bonds. The second kappa shape index (κ2) is 19.3. The van der Waals surface area contributed by atoms with Gasteiger partial charge in [-0.2, -0.15) is 21.0 Å². The Balaban J connectivity index is 0.824. The van der Waals surface area contributed by atoms with Gasteiger partial charge in [0.1, 0.15) is 12.1 Å². The molecule has 15 rings (SSSR count). The highest BCUT2D eigenvalue weighted by Crippen LogP contribution is 2.42. The molecule has 0 bridgehead atoms. The van der Waals surface area contributed by atoms with Crippen LogP contribution in [0.5, 0.6) is 0 Å². The molecule has 11 aromatic carbocycles. The molecule has 0 unspecified atom stereocenters. The number of aromatic nitrogens is 5. The van der Waals surface area contributed by atoms with Crippen LogP contribution in [0.4, 0.5) is 0 Å². The maximum Gasteiger partial charge on any atom is 0.160 e. The summed E-state index contributed by atoms with van der Waals surface area (Å²) in [6, 6.07) is 93.2. The maximum absolute atomic E-state index is 11.2. The molecule has 382 valence electrons. The standard InChI is InChI=1S/C74H41N9/c75-42-46-11-9-13-52(35-46)66-41-65(79-74(80-66)53-14-10-12-47(36-53)43-76)51-29-27-49(28-30-51)48-23-25-50(26-24-48)54-37-55(44-77)73(56(38-54)45-78)83-71-33-31-57(81-67-19-5-1-15-59(67)60-16-2-6-20-68(60)81)39-63(71)64-40-58(32-34-72(64)83)82-69-21-7-3-17-61(69)62-18-4-8-22-70(62)82/h1-41H. The van der Waals surface area contributed by atoms with Crippen molar-refractivity contribution in [2.75, 3.05) is 0 Å². The maximum atomic E-state index is 11.2. The third kappa shape index (κ3) is 7.90. The SMILES string of the molecule is N#Cc1cccc(-c2cc(-c3ccc(-c4ccc(-c5cc(C#N)c(-n6c7ccc(-n8c9ccccc9c9ccccc98)cc7c7cc(-n8c9ccccc9c9ccccc98)ccc76)c(C#N)c5)cc4)cc3)nc(-c3cccc(C#N)c3)n2)c1. The molecule has 0 saturated heterocycles. The molecular weight excluding hydrogens is 1010 g/mol. The number of hydrogen-bond donors (Lipinski definition) is 0. The van der Waals surface area contributed by atoms with Crippen LogP contribution in [0.15, 0.2) is 249 Å². The van der Waals surface area contributed by atoms with Crippen molar-refractivity contribution >= 4 is 65.4 Å². The van der Waals surface area contributed by atoms with Crippen LogP contribution in [0.3, 0.4) is 0 Å². The average Bonchev–Trinajstić information content (AvgIpc) is 4.40. The van der Waals surface area contributed by atoms with Gasteiger partial charge < -0.3 is 13.7 Å². The molecule has 83 heavy (non-hydrogen) atoms. The summed E-state index contributed by atoms with van der Waals surface area (Å²) in [5.41, 5.74) is 17.8. The molecule has 0 saturated carbocycles. The van der Waals surface area contributed by atoms with E-state index in [9.17, 15) is 21.0 Å². The lowest BCUT2D eigenvalue weighted by molar-refractivity contribution is 1.14. The predicted molar refractivity (Wildman–Crippen MR) is 331 cm³/mol. The Bertz CT molecular complexity index is 4990. The molecule has 0 atom stereocenters. The van der Waals surface area contributed by atoms with Crippen molar-refractivity contribution in [2.45, 2.75) is 0 Å². The number of para-hydroxylation sites is 4. The van der Waals surface area contributed by atoms with Gasteiger partial charge in [-0.15, -0.1) is 0 Å². The zero-order valence-electron chi connectivity index (χ0n) is 44.2. The minimum Gasteiger partial charge on any atom is -0.309 e. The number of benzene rings is 11. The highest BCUT2D eigenvalue weighted by atomic mass is 15.0. The third-order valence-electron chi connectivity index (χ3n) is 16.0. The quantitative estimate of drug-likeness (QED) is 0.149. The van der Waals surface area contributed by atoms with E-state index in [0.717, 1.165) is 88.6 Å². The van der Waals surface area contributed by atoms with Gasteiger partial charge in [-0.3, -0.25) is 0 Å². The summed E-state index contributed by atoms with van der Waals surface area (Å²) in [6.45, 7) is 0. The number of hydrogen-bond acceptors (Lipinski definition) is 6. The molecule has 0 aliphatic carbocycles. The molecule has 0 spiro atoms. The normalized spacial score (nSPS) is 11.3. The van der Waals surface area contributed by atoms with Gasteiger partial charge in [0.2, 0.25) is 0 Å². The van der Waals surface area contributed by atoms with Crippen LogP contribution >= 0.6 is 0 Å². The van der Waals surface area contributed by atoms with Gasteiger partial charge in [-0.1, -0.05) is 146 Å². The van der Waals surface area contributed by atoms with Gasteiger partial charge in [0.05, 0.1) is 84.6 Å². The summed E-state index contributed by atoms with van der Waals surface area (Å²) in [4.78, 5) is 9.87. The molecule has 0 aliphatic heterocycles. The van der Waals surface area contributed by atoms with Crippen LogP contribution in [-0.4, -0.2) is 23.7 Å². The highest BCUT2D eigenvalue weighted by molar-refractivity contribution is 6.14. The van der Waals surface area contributed by atoms with Crippen LogP contribution in [0.2, 0.25) is 0 Å². The van der Waals surface area contributed by atoms with E-state index in [1.165, 1.54) is 21.5 Å². The van der Waals surface area contributed by atoms with E-state index < -0.39 is 0 Å². The molecule has 0 fully saturated rings. The van der Waals surface area contributed by atoms with Crippen LogP contribution in [-0.2, 0) is 0 Å². The average molecular weight is 1060 g/mol. The van der Waals surface area contributed by atoms with Crippen molar-refractivity contribution < 1.29 is 0 Å². The first-order chi connectivity index (χ1) is 40.9. The van der Waals surface area contributed by atoms with E-state index in [0.29, 0.717) is 50.7 Å². The summed E-state index contributed by atoms with van der Waals surface area (Å²) >= 11 is 0. The van der Waals surface area contributed by atoms with Gasteiger partial charge in [0.15, 0.2) is 5.82 Å². The van der Waals surface area contributed by atoms with Crippen LogP contribution in [0, 0.1) is 45.3 Å². The smallest absolute Gasteiger partial charge is 0.160 e. The van der Waals surface area contributed by atoms with Crippen LogP contribution in [0.25, 0.3) is 139 Å². The van der Waals surface area contributed by atoms with Crippen LogP contribution < -0.4 is 0 Å². The second-order valence-electron chi connectivity index (χ2n) is 20.6. The van der Waals surface area contributed by atoms with E-state index in [-0.39, 0.29) is 0 Å². The molecule has 15 aromatic rings. The number of rotatable bonds is 8. The largest absolute Gasteiger partial charge is 0.309 e. The minimum atomic E-state index is 0.377. The van der Waals surface area contributed by atoms with E-state index in [2.05, 4.69) is 196 Å². The predicted octanol–water partition coefficient (Wildman–Crippen LogP) is 17.6. The minimum absolute atomic E-state index is 0.377. The van der Waals surface area contributed by atoms with Gasteiger partial charge in [-0.25, -0.2) is 9.97 Å². The Morgan fingerprint density at radius 2 is 0.651 bits per heavy atom.